The number of aryl methyl sites for hydroxylation is 1. The van der Waals surface area contributed by atoms with Crippen molar-refractivity contribution in [2.75, 3.05) is 13.6 Å². The van der Waals surface area contributed by atoms with Crippen LogP contribution in [0, 0.1) is 6.92 Å². The number of hydrogen-bond acceptors (Lipinski definition) is 4. The van der Waals surface area contributed by atoms with Crippen molar-refractivity contribution in [1.82, 2.24) is 15.1 Å². The van der Waals surface area contributed by atoms with E-state index in [1.165, 1.54) is 0 Å². The van der Waals surface area contributed by atoms with Gasteiger partial charge in [-0.25, -0.2) is 4.79 Å². The maximum atomic E-state index is 13.1. The molecule has 0 bridgehead atoms. The van der Waals surface area contributed by atoms with Crippen LogP contribution in [-0.2, 0) is 21.7 Å². The molecule has 7 heteroatoms. The smallest absolute Gasteiger partial charge is 0.325 e. The highest BCUT2D eigenvalue weighted by Crippen LogP contribution is 2.30. The number of nitrogens with one attached hydrogen (secondary N) is 1. The maximum absolute atomic E-state index is 13.1. The number of amides is 4. The van der Waals surface area contributed by atoms with E-state index in [-0.39, 0.29) is 12.5 Å². The van der Waals surface area contributed by atoms with Gasteiger partial charge in [-0.2, -0.15) is 0 Å². The number of rotatable bonds is 6. The molecule has 0 radical (unpaired) electrons. The molecule has 154 valence electrons. The Morgan fingerprint density at radius 2 is 1.86 bits per heavy atom. The van der Waals surface area contributed by atoms with Gasteiger partial charge in [0.25, 0.3) is 5.91 Å². The largest absolute Gasteiger partial charge is 0.339 e. The van der Waals surface area contributed by atoms with Crippen LogP contribution >= 0.6 is 11.3 Å². The number of likely N-dealkylation sites (N-methyl/N-ethyl adjacent to an activating group) is 1. The molecule has 1 atom stereocenters. The summed E-state index contributed by atoms with van der Waals surface area (Å²) in [7, 11) is 1.68. The first-order valence-electron chi connectivity index (χ1n) is 9.65. The number of imide groups is 1. The van der Waals surface area contributed by atoms with Gasteiger partial charge in [0.1, 0.15) is 12.1 Å². The van der Waals surface area contributed by atoms with Gasteiger partial charge in [0.05, 0.1) is 6.54 Å². The Morgan fingerprint density at radius 3 is 2.41 bits per heavy atom. The number of benzene rings is 1. The molecular formula is C22H27N3O3S. The lowest BCUT2D eigenvalue weighted by Gasteiger charge is -2.23. The van der Waals surface area contributed by atoms with Crippen molar-refractivity contribution in [3.63, 3.8) is 0 Å². The predicted octanol–water partition coefficient (Wildman–Crippen LogP) is 3.61. The lowest BCUT2D eigenvalue weighted by molar-refractivity contribution is -0.138. The van der Waals surface area contributed by atoms with Gasteiger partial charge < -0.3 is 10.2 Å². The third-order valence-corrected chi connectivity index (χ3v) is 6.51. The number of carbonyl (C=O) groups is 3. The zero-order valence-electron chi connectivity index (χ0n) is 17.5. The fourth-order valence-electron chi connectivity index (χ4n) is 3.36. The van der Waals surface area contributed by atoms with Gasteiger partial charge in [0, 0.05) is 11.9 Å². The molecule has 2 aromatic rings. The van der Waals surface area contributed by atoms with Crippen LogP contribution in [0.4, 0.5) is 4.79 Å². The molecule has 2 heterocycles. The molecule has 1 aromatic heterocycles. The van der Waals surface area contributed by atoms with E-state index >= 15 is 0 Å². The van der Waals surface area contributed by atoms with Crippen LogP contribution in [0.2, 0.25) is 0 Å². The molecule has 1 aliphatic rings. The molecule has 6 nitrogen and oxygen atoms in total. The number of thiophene rings is 1. The molecule has 1 aliphatic heterocycles. The normalized spacial score (nSPS) is 19.0. The van der Waals surface area contributed by atoms with E-state index in [9.17, 15) is 14.4 Å². The fraction of sp³-hybridized carbons (Fsp3) is 0.409. The molecule has 1 fully saturated rings. The maximum Gasteiger partial charge on any atom is 0.325 e. The summed E-state index contributed by atoms with van der Waals surface area (Å²) in [5.74, 6) is -0.308. The van der Waals surface area contributed by atoms with Gasteiger partial charge >= 0.3 is 6.03 Å². The SMILES string of the molecule is Cc1ccsc1CN(C)C(=O)CN1C(=O)N[C@](C)(c2ccc(C(C)C)cc2)C1=O. The first kappa shape index (κ1) is 21.0. The Kier molecular flexibility index (Phi) is 5.80. The third-order valence-electron chi connectivity index (χ3n) is 5.50. The van der Waals surface area contributed by atoms with Crippen LogP contribution in [0.15, 0.2) is 35.7 Å². The topological polar surface area (TPSA) is 69.7 Å². The van der Waals surface area contributed by atoms with Gasteiger partial charge in [-0.05, 0) is 47.9 Å². The number of hydrogen-bond donors (Lipinski definition) is 1. The van der Waals surface area contributed by atoms with Crippen LogP contribution in [0.1, 0.15) is 48.3 Å². The Labute approximate surface area is 175 Å². The van der Waals surface area contributed by atoms with E-state index < -0.39 is 17.5 Å². The minimum Gasteiger partial charge on any atom is -0.339 e. The molecule has 1 saturated heterocycles. The van der Waals surface area contributed by atoms with Gasteiger partial charge in [0.2, 0.25) is 5.91 Å². The van der Waals surface area contributed by atoms with Gasteiger partial charge in [-0.3, -0.25) is 14.5 Å². The summed E-state index contributed by atoms with van der Waals surface area (Å²) in [4.78, 5) is 41.9. The third kappa shape index (κ3) is 4.05. The second-order valence-corrected chi connectivity index (χ2v) is 9.00. The van der Waals surface area contributed by atoms with Crippen LogP contribution in [-0.4, -0.2) is 41.2 Å². The standard InChI is InChI=1S/C22H27N3O3S/c1-14(2)16-6-8-17(9-7-16)22(4)20(27)25(21(28)23-22)13-19(26)24(5)12-18-15(3)10-11-29-18/h6-11,14H,12-13H2,1-5H3,(H,23,28)/t22-/m1/s1. The average molecular weight is 414 g/mol. The van der Waals surface area contributed by atoms with Crippen molar-refractivity contribution in [1.29, 1.82) is 0 Å². The molecule has 3 rings (SSSR count). The molecule has 0 aliphatic carbocycles. The Hall–Kier alpha value is -2.67. The van der Waals surface area contributed by atoms with E-state index in [1.54, 1.807) is 30.2 Å². The van der Waals surface area contributed by atoms with Crippen molar-refractivity contribution in [3.8, 4) is 0 Å². The fourth-order valence-corrected chi connectivity index (χ4v) is 4.32. The van der Waals surface area contributed by atoms with E-state index in [2.05, 4.69) is 19.2 Å². The molecular weight excluding hydrogens is 386 g/mol. The Morgan fingerprint density at radius 1 is 1.21 bits per heavy atom. The van der Waals surface area contributed by atoms with E-state index in [1.807, 2.05) is 42.6 Å². The average Bonchev–Trinajstić information content (AvgIpc) is 3.18. The molecule has 0 spiro atoms. The number of nitrogens with zero attached hydrogens (tertiary/aromatic N) is 2. The van der Waals surface area contributed by atoms with E-state index in [4.69, 9.17) is 0 Å². The van der Waals surface area contributed by atoms with Crippen molar-refractivity contribution >= 4 is 29.2 Å². The minimum atomic E-state index is -1.17. The first-order chi connectivity index (χ1) is 13.6. The number of carbonyl (C=O) groups excluding carboxylic acids is 3. The highest BCUT2D eigenvalue weighted by atomic mass is 32.1. The summed E-state index contributed by atoms with van der Waals surface area (Å²) in [6.45, 7) is 8.06. The highest BCUT2D eigenvalue weighted by Gasteiger charge is 2.49. The Balaban J connectivity index is 1.72. The van der Waals surface area contributed by atoms with Gasteiger partial charge in [-0.15, -0.1) is 11.3 Å². The van der Waals surface area contributed by atoms with E-state index in [0.717, 1.165) is 20.9 Å². The van der Waals surface area contributed by atoms with E-state index in [0.29, 0.717) is 18.0 Å². The van der Waals surface area contributed by atoms with Crippen molar-refractivity contribution in [2.24, 2.45) is 0 Å². The summed E-state index contributed by atoms with van der Waals surface area (Å²) in [6.07, 6.45) is 0. The predicted molar refractivity (Wildman–Crippen MR) is 114 cm³/mol. The summed E-state index contributed by atoms with van der Waals surface area (Å²) < 4.78 is 0. The van der Waals surface area contributed by atoms with Crippen molar-refractivity contribution in [3.05, 3.63) is 57.3 Å². The minimum absolute atomic E-state index is 0.273. The van der Waals surface area contributed by atoms with Crippen LogP contribution in [0.5, 0.6) is 0 Å². The zero-order valence-corrected chi connectivity index (χ0v) is 18.3. The quantitative estimate of drug-likeness (QED) is 0.736. The Bertz CT molecular complexity index is 935. The highest BCUT2D eigenvalue weighted by molar-refractivity contribution is 7.10. The summed E-state index contributed by atoms with van der Waals surface area (Å²) in [6, 6.07) is 9.13. The van der Waals surface area contributed by atoms with Crippen molar-refractivity contribution < 1.29 is 14.4 Å². The lowest BCUT2D eigenvalue weighted by Crippen LogP contribution is -2.43. The zero-order chi connectivity index (χ0) is 21.3. The molecule has 0 saturated carbocycles. The second-order valence-electron chi connectivity index (χ2n) is 8.00. The second kappa shape index (κ2) is 7.99. The van der Waals surface area contributed by atoms with Gasteiger partial charge in [0.15, 0.2) is 0 Å². The lowest BCUT2D eigenvalue weighted by atomic mass is 9.90. The van der Waals surface area contributed by atoms with Crippen LogP contribution in [0.25, 0.3) is 0 Å². The molecule has 29 heavy (non-hydrogen) atoms. The van der Waals surface area contributed by atoms with Crippen LogP contribution < -0.4 is 5.32 Å². The first-order valence-corrected chi connectivity index (χ1v) is 10.5. The molecule has 1 N–H and O–H groups in total. The van der Waals surface area contributed by atoms with Gasteiger partial charge in [-0.1, -0.05) is 38.1 Å². The molecule has 4 amide bonds. The van der Waals surface area contributed by atoms with Crippen LogP contribution in [0.3, 0.4) is 0 Å². The molecule has 0 unspecified atom stereocenters. The van der Waals surface area contributed by atoms with Crippen molar-refractivity contribution in [2.45, 2.75) is 45.7 Å². The summed E-state index contributed by atoms with van der Waals surface area (Å²) >= 11 is 1.59. The number of urea groups is 1. The summed E-state index contributed by atoms with van der Waals surface area (Å²) in [5, 5.41) is 4.75. The summed E-state index contributed by atoms with van der Waals surface area (Å²) in [5.41, 5.74) is 1.82. The monoisotopic (exact) mass is 413 g/mol. The molecule has 1 aromatic carbocycles.